The molecule has 4 heteroatoms. The van der Waals surface area contributed by atoms with Gasteiger partial charge in [0.15, 0.2) is 0 Å². The topological polar surface area (TPSA) is 43.6 Å². The second-order valence-corrected chi connectivity index (χ2v) is 5.47. The zero-order chi connectivity index (χ0) is 14.2. The van der Waals surface area contributed by atoms with E-state index in [1.54, 1.807) is 0 Å². The maximum absolute atomic E-state index is 6.42. The van der Waals surface area contributed by atoms with Gasteiger partial charge in [-0.25, -0.2) is 0 Å². The van der Waals surface area contributed by atoms with Crippen LogP contribution >= 0.6 is 11.6 Å². The molecule has 0 aliphatic carbocycles. The molecule has 2 aromatic heterocycles. The summed E-state index contributed by atoms with van der Waals surface area (Å²) in [6.45, 7) is 0.670. The highest BCUT2D eigenvalue weighted by atomic mass is 35.5. The molecule has 2 aromatic carbocycles. The minimum absolute atomic E-state index is 0.670. The van der Waals surface area contributed by atoms with Gasteiger partial charge in [-0.1, -0.05) is 29.8 Å². The van der Waals surface area contributed by atoms with Gasteiger partial charge in [0.1, 0.15) is 0 Å². The van der Waals surface area contributed by atoms with Crippen LogP contribution in [0.3, 0.4) is 0 Å². The quantitative estimate of drug-likeness (QED) is 0.494. The third-order valence-corrected chi connectivity index (χ3v) is 4.17. The molecule has 3 nitrogen and oxygen atoms in total. The molecule has 0 saturated heterocycles. The lowest BCUT2D eigenvalue weighted by Crippen LogP contribution is -1.99. The number of para-hydroxylation sites is 1. The van der Waals surface area contributed by atoms with E-state index in [9.17, 15) is 0 Å². The Morgan fingerprint density at radius 3 is 2.81 bits per heavy atom. The molecule has 0 fully saturated rings. The van der Waals surface area contributed by atoms with E-state index < -0.39 is 0 Å². The van der Waals surface area contributed by atoms with Crippen LogP contribution in [0.5, 0.6) is 0 Å². The molecule has 21 heavy (non-hydrogen) atoms. The number of benzene rings is 2. The summed E-state index contributed by atoms with van der Waals surface area (Å²) in [6, 6.07) is 16.4. The molecule has 4 aromatic rings. The average molecular weight is 296 g/mol. The van der Waals surface area contributed by atoms with Crippen LogP contribution in [-0.2, 0) is 6.54 Å². The molecule has 2 heterocycles. The summed E-state index contributed by atoms with van der Waals surface area (Å²) >= 11 is 6.42. The fourth-order valence-corrected chi connectivity index (χ4v) is 2.92. The minimum atomic E-state index is 0.670. The standard InChI is InChI=1S/C17H14ClN3/c18-17-13-3-1-2-4-15(13)21-16(17)10-20-12-5-6-14-11(9-12)7-8-19-14/h1-9,19-21H,10H2. The van der Waals surface area contributed by atoms with E-state index in [-0.39, 0.29) is 0 Å². The Bertz CT molecular complexity index is 920. The number of halogens is 1. The average Bonchev–Trinajstić information content (AvgIpc) is 3.10. The van der Waals surface area contributed by atoms with E-state index in [1.807, 2.05) is 30.5 Å². The SMILES string of the molecule is Clc1c(CNc2ccc3[nH]ccc3c2)[nH]c2ccccc12. The number of fused-ring (bicyclic) bond motifs is 2. The number of aromatic amines is 2. The van der Waals surface area contributed by atoms with E-state index >= 15 is 0 Å². The van der Waals surface area contributed by atoms with Crippen molar-refractivity contribution in [2.24, 2.45) is 0 Å². The zero-order valence-electron chi connectivity index (χ0n) is 11.3. The van der Waals surface area contributed by atoms with Crippen LogP contribution in [0.2, 0.25) is 5.02 Å². The highest BCUT2D eigenvalue weighted by molar-refractivity contribution is 6.36. The normalized spacial score (nSPS) is 11.3. The largest absolute Gasteiger partial charge is 0.379 e. The smallest absolute Gasteiger partial charge is 0.0710 e. The molecular formula is C17H14ClN3. The van der Waals surface area contributed by atoms with Crippen molar-refractivity contribution in [3.63, 3.8) is 0 Å². The first kappa shape index (κ1) is 12.4. The Hall–Kier alpha value is -2.39. The van der Waals surface area contributed by atoms with Gasteiger partial charge in [0.2, 0.25) is 0 Å². The van der Waals surface area contributed by atoms with Gasteiger partial charge in [0.05, 0.1) is 17.3 Å². The van der Waals surface area contributed by atoms with Gasteiger partial charge in [-0.2, -0.15) is 0 Å². The Balaban J connectivity index is 1.61. The molecule has 0 atom stereocenters. The number of anilines is 1. The molecule has 0 amide bonds. The second kappa shape index (κ2) is 4.86. The van der Waals surface area contributed by atoms with E-state index in [4.69, 9.17) is 11.6 Å². The van der Waals surface area contributed by atoms with Crippen molar-refractivity contribution in [2.75, 3.05) is 5.32 Å². The van der Waals surface area contributed by atoms with Crippen molar-refractivity contribution in [1.29, 1.82) is 0 Å². The molecule has 0 unspecified atom stereocenters. The van der Waals surface area contributed by atoms with Gasteiger partial charge in [-0.3, -0.25) is 0 Å². The van der Waals surface area contributed by atoms with E-state index in [2.05, 4.69) is 39.6 Å². The third-order valence-electron chi connectivity index (χ3n) is 3.74. The molecule has 0 bridgehead atoms. The molecule has 0 aliphatic rings. The monoisotopic (exact) mass is 295 g/mol. The summed E-state index contributed by atoms with van der Waals surface area (Å²) in [5.74, 6) is 0. The van der Waals surface area contributed by atoms with Crippen molar-refractivity contribution in [3.8, 4) is 0 Å². The summed E-state index contributed by atoms with van der Waals surface area (Å²) in [6.07, 6.45) is 1.95. The lowest BCUT2D eigenvalue weighted by atomic mass is 10.2. The molecule has 4 rings (SSSR count). The van der Waals surface area contributed by atoms with Gasteiger partial charge in [-0.15, -0.1) is 0 Å². The molecule has 0 aliphatic heterocycles. The Morgan fingerprint density at radius 1 is 1.00 bits per heavy atom. The van der Waals surface area contributed by atoms with E-state index in [0.29, 0.717) is 6.54 Å². The predicted molar refractivity (Wildman–Crippen MR) is 88.9 cm³/mol. The maximum atomic E-state index is 6.42. The Morgan fingerprint density at radius 2 is 1.90 bits per heavy atom. The second-order valence-electron chi connectivity index (χ2n) is 5.10. The van der Waals surface area contributed by atoms with Crippen LogP contribution in [0.25, 0.3) is 21.8 Å². The lowest BCUT2D eigenvalue weighted by Gasteiger charge is -2.06. The van der Waals surface area contributed by atoms with Crippen molar-refractivity contribution in [1.82, 2.24) is 9.97 Å². The highest BCUT2D eigenvalue weighted by Gasteiger charge is 2.08. The summed E-state index contributed by atoms with van der Waals surface area (Å²) in [4.78, 5) is 6.56. The van der Waals surface area contributed by atoms with Crippen LogP contribution in [0, 0.1) is 0 Å². The summed E-state index contributed by atoms with van der Waals surface area (Å²) in [5, 5.41) is 6.47. The van der Waals surface area contributed by atoms with E-state index in [1.165, 1.54) is 5.39 Å². The fourth-order valence-electron chi connectivity index (χ4n) is 2.64. The number of aromatic nitrogens is 2. The van der Waals surface area contributed by atoms with Gasteiger partial charge < -0.3 is 15.3 Å². The van der Waals surface area contributed by atoms with E-state index in [0.717, 1.165) is 32.8 Å². The zero-order valence-corrected chi connectivity index (χ0v) is 12.0. The predicted octanol–water partition coefficient (Wildman–Crippen LogP) is 4.91. The summed E-state index contributed by atoms with van der Waals surface area (Å²) < 4.78 is 0. The number of nitrogens with one attached hydrogen (secondary N) is 3. The van der Waals surface area contributed by atoms with Gasteiger partial charge in [0, 0.05) is 33.7 Å². The van der Waals surface area contributed by atoms with Gasteiger partial charge in [-0.05, 0) is 30.3 Å². The van der Waals surface area contributed by atoms with Crippen LogP contribution in [0.1, 0.15) is 5.69 Å². The third kappa shape index (κ3) is 2.16. The number of H-pyrrole nitrogens is 2. The first-order valence-electron chi connectivity index (χ1n) is 6.87. The highest BCUT2D eigenvalue weighted by Crippen LogP contribution is 2.28. The number of rotatable bonds is 3. The van der Waals surface area contributed by atoms with Crippen molar-refractivity contribution in [3.05, 3.63) is 65.4 Å². The van der Waals surface area contributed by atoms with Crippen molar-refractivity contribution < 1.29 is 0 Å². The van der Waals surface area contributed by atoms with Crippen LogP contribution in [-0.4, -0.2) is 9.97 Å². The first-order chi connectivity index (χ1) is 10.3. The Labute approximate surface area is 126 Å². The van der Waals surface area contributed by atoms with Gasteiger partial charge >= 0.3 is 0 Å². The fraction of sp³-hybridized carbons (Fsp3) is 0.0588. The number of hydrogen-bond donors (Lipinski definition) is 3. The molecule has 104 valence electrons. The van der Waals surface area contributed by atoms with Crippen LogP contribution in [0.4, 0.5) is 5.69 Å². The van der Waals surface area contributed by atoms with Crippen LogP contribution < -0.4 is 5.32 Å². The molecular weight excluding hydrogens is 282 g/mol. The summed E-state index contributed by atoms with van der Waals surface area (Å²) in [7, 11) is 0. The van der Waals surface area contributed by atoms with Crippen LogP contribution in [0.15, 0.2) is 54.7 Å². The summed E-state index contributed by atoms with van der Waals surface area (Å²) in [5.41, 5.74) is 4.30. The molecule has 0 spiro atoms. The number of hydrogen-bond acceptors (Lipinski definition) is 1. The molecule has 0 saturated carbocycles. The minimum Gasteiger partial charge on any atom is -0.379 e. The molecule has 0 radical (unpaired) electrons. The van der Waals surface area contributed by atoms with Crippen molar-refractivity contribution >= 4 is 39.1 Å². The maximum Gasteiger partial charge on any atom is 0.0710 e. The van der Waals surface area contributed by atoms with Gasteiger partial charge in [0.25, 0.3) is 0 Å². The first-order valence-corrected chi connectivity index (χ1v) is 7.25. The van der Waals surface area contributed by atoms with Crippen molar-refractivity contribution in [2.45, 2.75) is 6.54 Å². The Kier molecular flexibility index (Phi) is 2.86. The molecule has 3 N–H and O–H groups in total. The lowest BCUT2D eigenvalue weighted by molar-refractivity contribution is 1.09.